The number of aliphatic hydroxyl groups excluding tert-OH is 1. The van der Waals surface area contributed by atoms with Crippen molar-refractivity contribution in [2.45, 2.75) is 32.4 Å². The number of aliphatic hydroxyl groups is 1. The first-order valence-electron chi connectivity index (χ1n) is 6.50. The maximum absolute atomic E-state index is 11.7. The predicted molar refractivity (Wildman–Crippen MR) is 77.0 cm³/mol. The normalized spacial score (nSPS) is 12.3. The average molecular weight is 286 g/mol. The lowest BCUT2D eigenvalue weighted by molar-refractivity contribution is 0.183. The smallest absolute Gasteiger partial charge is 0.330 e. The monoisotopic (exact) mass is 286 g/mol. The van der Waals surface area contributed by atoms with Crippen molar-refractivity contribution in [3.63, 3.8) is 0 Å². The fourth-order valence-corrected chi connectivity index (χ4v) is 1.77. The van der Waals surface area contributed by atoms with Crippen molar-refractivity contribution in [3.05, 3.63) is 20.8 Å². The number of hydrogen-bond acceptors (Lipinski definition) is 6. The number of nitrogens with zero attached hydrogens (tertiary/aromatic N) is 1. The minimum Gasteiger partial charge on any atom is -0.393 e. The Kier molecular flexibility index (Phi) is 6.26. The van der Waals surface area contributed by atoms with Gasteiger partial charge in [-0.3, -0.25) is 14.3 Å². The Bertz CT molecular complexity index is 535. The lowest BCUT2D eigenvalue weighted by atomic mass is 10.2. The summed E-state index contributed by atoms with van der Waals surface area (Å²) in [4.78, 5) is 25.6. The molecule has 1 aromatic heterocycles. The van der Waals surface area contributed by atoms with E-state index in [2.05, 4.69) is 10.3 Å². The van der Waals surface area contributed by atoms with E-state index in [1.807, 2.05) is 0 Å². The van der Waals surface area contributed by atoms with E-state index in [1.165, 1.54) is 11.7 Å². The van der Waals surface area contributed by atoms with Gasteiger partial charge in [0.25, 0.3) is 5.56 Å². The zero-order valence-electron chi connectivity index (χ0n) is 11.8. The Balaban J connectivity index is 2.84. The van der Waals surface area contributed by atoms with E-state index < -0.39 is 11.2 Å². The van der Waals surface area contributed by atoms with Gasteiger partial charge in [0.1, 0.15) is 11.5 Å². The van der Waals surface area contributed by atoms with Crippen LogP contribution in [0.15, 0.2) is 9.59 Å². The molecule has 0 saturated carbocycles. The summed E-state index contributed by atoms with van der Waals surface area (Å²) in [5, 5.41) is 12.1. The van der Waals surface area contributed by atoms with Crippen LogP contribution in [-0.4, -0.2) is 41.0 Å². The largest absolute Gasteiger partial charge is 0.393 e. The third-order valence-electron chi connectivity index (χ3n) is 2.86. The number of aromatic amines is 1. The number of nitrogens with one attached hydrogen (secondary N) is 2. The molecule has 0 radical (unpaired) electrons. The second-order valence-corrected chi connectivity index (χ2v) is 4.58. The average Bonchev–Trinajstić information content (AvgIpc) is 2.37. The molecule has 5 N–H and O–H groups in total. The highest BCUT2D eigenvalue weighted by atomic mass is 16.5. The van der Waals surface area contributed by atoms with Crippen LogP contribution in [0.3, 0.4) is 0 Å². The molecule has 8 heteroatoms. The van der Waals surface area contributed by atoms with Crippen molar-refractivity contribution in [3.8, 4) is 0 Å². The summed E-state index contributed by atoms with van der Waals surface area (Å²) in [6, 6.07) is 0. The van der Waals surface area contributed by atoms with Gasteiger partial charge in [0, 0.05) is 13.7 Å². The van der Waals surface area contributed by atoms with E-state index in [-0.39, 0.29) is 24.2 Å². The maximum atomic E-state index is 11.7. The highest BCUT2D eigenvalue weighted by Crippen LogP contribution is 2.10. The Morgan fingerprint density at radius 3 is 2.80 bits per heavy atom. The molecule has 0 spiro atoms. The molecule has 1 aromatic rings. The predicted octanol–water partition coefficient (Wildman–Crippen LogP) is -0.662. The molecule has 1 rings (SSSR count). The first-order valence-corrected chi connectivity index (χ1v) is 6.50. The van der Waals surface area contributed by atoms with Crippen LogP contribution in [0.1, 0.15) is 19.8 Å². The summed E-state index contributed by atoms with van der Waals surface area (Å²) in [6.45, 7) is 2.77. The summed E-state index contributed by atoms with van der Waals surface area (Å²) in [5.74, 6) is 0.0906. The molecule has 0 saturated heterocycles. The van der Waals surface area contributed by atoms with Gasteiger partial charge in [0.2, 0.25) is 0 Å². The summed E-state index contributed by atoms with van der Waals surface area (Å²) >= 11 is 0. The van der Waals surface area contributed by atoms with Crippen LogP contribution in [0.2, 0.25) is 0 Å². The third kappa shape index (κ3) is 4.39. The second kappa shape index (κ2) is 7.71. The molecule has 0 bridgehead atoms. The van der Waals surface area contributed by atoms with E-state index in [0.29, 0.717) is 26.0 Å². The van der Waals surface area contributed by atoms with Crippen LogP contribution in [0.4, 0.5) is 11.5 Å². The number of aromatic nitrogens is 2. The van der Waals surface area contributed by atoms with E-state index in [9.17, 15) is 9.59 Å². The summed E-state index contributed by atoms with van der Waals surface area (Å²) < 4.78 is 6.15. The number of ether oxygens (including phenoxy) is 1. The molecule has 1 heterocycles. The van der Waals surface area contributed by atoms with Crippen molar-refractivity contribution >= 4 is 11.5 Å². The molecular weight excluding hydrogens is 264 g/mol. The Morgan fingerprint density at radius 2 is 2.20 bits per heavy atom. The molecule has 0 fully saturated rings. The van der Waals surface area contributed by atoms with Crippen LogP contribution >= 0.6 is 0 Å². The van der Waals surface area contributed by atoms with Crippen molar-refractivity contribution in [1.29, 1.82) is 0 Å². The summed E-state index contributed by atoms with van der Waals surface area (Å²) in [7, 11) is 1.52. The lowest BCUT2D eigenvalue weighted by Gasteiger charge is -2.13. The van der Waals surface area contributed by atoms with Crippen LogP contribution in [0, 0.1) is 0 Å². The molecule has 0 aliphatic rings. The molecular formula is C12H22N4O4. The van der Waals surface area contributed by atoms with Crippen molar-refractivity contribution in [1.82, 2.24) is 9.55 Å². The standard InChI is InChI=1S/C12H22N4O4/c1-8(17)4-3-5-14-9-10(13)16(6-7-20-2)12(19)15-11(9)18/h8,14,17H,3-7,13H2,1-2H3,(H,15,18,19). The van der Waals surface area contributed by atoms with Gasteiger partial charge in [-0.05, 0) is 19.8 Å². The second-order valence-electron chi connectivity index (χ2n) is 4.58. The Labute approximate surface area is 116 Å². The minimum absolute atomic E-state index is 0.0906. The number of hydrogen-bond donors (Lipinski definition) is 4. The number of methoxy groups -OCH3 is 1. The van der Waals surface area contributed by atoms with Crippen molar-refractivity contribution < 1.29 is 9.84 Å². The van der Waals surface area contributed by atoms with Gasteiger partial charge in [-0.25, -0.2) is 4.79 Å². The molecule has 8 nitrogen and oxygen atoms in total. The Morgan fingerprint density at radius 1 is 1.50 bits per heavy atom. The first-order chi connectivity index (χ1) is 9.47. The molecule has 1 unspecified atom stereocenters. The maximum Gasteiger partial charge on any atom is 0.330 e. The summed E-state index contributed by atoms with van der Waals surface area (Å²) in [5.41, 5.74) is 4.92. The summed E-state index contributed by atoms with van der Waals surface area (Å²) in [6.07, 6.45) is 0.921. The third-order valence-corrected chi connectivity index (χ3v) is 2.86. The topological polar surface area (TPSA) is 122 Å². The molecule has 0 aliphatic carbocycles. The van der Waals surface area contributed by atoms with E-state index in [0.717, 1.165) is 0 Å². The number of anilines is 2. The number of nitrogen functional groups attached to an aromatic ring is 1. The minimum atomic E-state index is -0.556. The van der Waals surface area contributed by atoms with E-state index >= 15 is 0 Å². The van der Waals surface area contributed by atoms with Gasteiger partial charge >= 0.3 is 5.69 Å². The molecule has 1 atom stereocenters. The quantitative estimate of drug-likeness (QED) is 0.470. The van der Waals surface area contributed by atoms with E-state index in [4.69, 9.17) is 15.6 Å². The zero-order valence-corrected chi connectivity index (χ0v) is 11.8. The molecule has 0 aromatic carbocycles. The number of H-pyrrole nitrogens is 1. The SMILES string of the molecule is COCCn1c(N)c(NCCCC(C)O)c(=O)[nH]c1=O. The lowest BCUT2D eigenvalue weighted by Crippen LogP contribution is -2.35. The van der Waals surface area contributed by atoms with Crippen molar-refractivity contribution in [2.75, 3.05) is 31.3 Å². The van der Waals surface area contributed by atoms with Crippen LogP contribution < -0.4 is 22.3 Å². The molecule has 20 heavy (non-hydrogen) atoms. The Hall–Kier alpha value is -1.80. The van der Waals surface area contributed by atoms with Gasteiger partial charge in [-0.2, -0.15) is 0 Å². The molecule has 114 valence electrons. The fourth-order valence-electron chi connectivity index (χ4n) is 1.77. The van der Waals surface area contributed by atoms with E-state index in [1.54, 1.807) is 6.92 Å². The fraction of sp³-hybridized carbons (Fsp3) is 0.667. The zero-order chi connectivity index (χ0) is 15.1. The number of rotatable bonds is 8. The van der Waals surface area contributed by atoms with Crippen molar-refractivity contribution in [2.24, 2.45) is 0 Å². The van der Waals surface area contributed by atoms with Crippen LogP contribution in [-0.2, 0) is 11.3 Å². The van der Waals surface area contributed by atoms with Crippen LogP contribution in [0.5, 0.6) is 0 Å². The highest BCUT2D eigenvalue weighted by molar-refractivity contribution is 5.60. The highest BCUT2D eigenvalue weighted by Gasteiger charge is 2.11. The molecule has 0 aliphatic heterocycles. The van der Waals surface area contributed by atoms with Gasteiger partial charge in [-0.15, -0.1) is 0 Å². The number of nitrogens with two attached hydrogens (primary N) is 1. The first kappa shape index (κ1) is 16.3. The van der Waals surface area contributed by atoms with Crippen LogP contribution in [0.25, 0.3) is 0 Å². The van der Waals surface area contributed by atoms with Gasteiger partial charge in [0.05, 0.1) is 19.3 Å². The van der Waals surface area contributed by atoms with Gasteiger partial charge in [-0.1, -0.05) is 0 Å². The van der Waals surface area contributed by atoms with Gasteiger partial charge in [0.15, 0.2) is 0 Å². The molecule has 0 amide bonds. The van der Waals surface area contributed by atoms with Gasteiger partial charge < -0.3 is 20.9 Å².